The van der Waals surface area contributed by atoms with Crippen molar-refractivity contribution in [1.29, 1.82) is 0 Å². The van der Waals surface area contributed by atoms with Crippen molar-refractivity contribution >= 4 is 11.6 Å². The van der Waals surface area contributed by atoms with E-state index in [2.05, 4.69) is 36.6 Å². The molecule has 0 radical (unpaired) electrons. The molecule has 3 nitrogen and oxygen atoms in total. The van der Waals surface area contributed by atoms with Crippen LogP contribution in [0.3, 0.4) is 0 Å². The third kappa shape index (κ3) is 4.43. The zero-order valence-corrected chi connectivity index (χ0v) is 12.9. The molecule has 0 aromatic heterocycles. The van der Waals surface area contributed by atoms with Gasteiger partial charge in [-0.2, -0.15) is 0 Å². The van der Waals surface area contributed by atoms with Crippen LogP contribution in [-0.4, -0.2) is 13.0 Å². The fourth-order valence-corrected chi connectivity index (χ4v) is 2.27. The Balaban J connectivity index is 2.01. The van der Waals surface area contributed by atoms with Crippen molar-refractivity contribution in [1.82, 2.24) is 5.32 Å². The van der Waals surface area contributed by atoms with E-state index in [0.717, 1.165) is 23.4 Å². The summed E-state index contributed by atoms with van der Waals surface area (Å²) in [4.78, 5) is 12.1. The van der Waals surface area contributed by atoms with Gasteiger partial charge in [0.15, 0.2) is 0 Å². The third-order valence-electron chi connectivity index (χ3n) is 3.53. The maximum Gasteiger partial charge on any atom is 0.228 e. The molecule has 0 fully saturated rings. The van der Waals surface area contributed by atoms with E-state index in [1.54, 1.807) is 0 Å². The molecule has 0 saturated carbocycles. The molecular formula is C18H22N2O. The summed E-state index contributed by atoms with van der Waals surface area (Å²) in [5.41, 5.74) is 5.51. The van der Waals surface area contributed by atoms with Gasteiger partial charge in [-0.15, -0.1) is 0 Å². The molecule has 3 heteroatoms. The van der Waals surface area contributed by atoms with Gasteiger partial charge in [-0.25, -0.2) is 0 Å². The first-order valence-corrected chi connectivity index (χ1v) is 7.18. The lowest BCUT2D eigenvalue weighted by Crippen LogP contribution is -2.15. The summed E-state index contributed by atoms with van der Waals surface area (Å²) < 4.78 is 0. The van der Waals surface area contributed by atoms with Gasteiger partial charge >= 0.3 is 0 Å². The summed E-state index contributed by atoms with van der Waals surface area (Å²) >= 11 is 0. The van der Waals surface area contributed by atoms with Crippen LogP contribution in [0, 0.1) is 13.8 Å². The first-order chi connectivity index (χ1) is 10.1. The maximum absolute atomic E-state index is 12.1. The average molecular weight is 282 g/mol. The molecular weight excluding hydrogens is 260 g/mol. The Hall–Kier alpha value is -2.13. The molecule has 21 heavy (non-hydrogen) atoms. The van der Waals surface area contributed by atoms with Crippen LogP contribution in [-0.2, 0) is 17.8 Å². The quantitative estimate of drug-likeness (QED) is 0.884. The fourth-order valence-electron chi connectivity index (χ4n) is 2.27. The molecule has 2 aromatic carbocycles. The van der Waals surface area contributed by atoms with Crippen LogP contribution in [0.1, 0.15) is 22.3 Å². The monoisotopic (exact) mass is 282 g/mol. The number of aryl methyl sites for hydroxylation is 2. The lowest BCUT2D eigenvalue weighted by Gasteiger charge is -2.08. The summed E-state index contributed by atoms with van der Waals surface area (Å²) in [6, 6.07) is 14.1. The summed E-state index contributed by atoms with van der Waals surface area (Å²) in [5, 5.41) is 6.06. The minimum Gasteiger partial charge on any atom is -0.326 e. The molecule has 0 spiro atoms. The Morgan fingerprint density at radius 1 is 1.00 bits per heavy atom. The zero-order valence-electron chi connectivity index (χ0n) is 12.9. The van der Waals surface area contributed by atoms with E-state index < -0.39 is 0 Å². The number of hydrogen-bond donors (Lipinski definition) is 2. The van der Waals surface area contributed by atoms with Gasteiger partial charge in [0.1, 0.15) is 0 Å². The minimum absolute atomic E-state index is 0.0138. The Morgan fingerprint density at radius 3 is 2.52 bits per heavy atom. The number of benzene rings is 2. The number of hydrogen-bond acceptors (Lipinski definition) is 2. The largest absolute Gasteiger partial charge is 0.326 e. The van der Waals surface area contributed by atoms with E-state index in [1.165, 1.54) is 11.1 Å². The molecule has 0 aliphatic carbocycles. The molecule has 110 valence electrons. The second kappa shape index (κ2) is 7.04. The Kier molecular flexibility index (Phi) is 5.12. The molecule has 0 heterocycles. The normalized spacial score (nSPS) is 10.4. The van der Waals surface area contributed by atoms with Crippen LogP contribution in [0.15, 0.2) is 42.5 Å². The highest BCUT2D eigenvalue weighted by Gasteiger charge is 2.05. The second-order valence-corrected chi connectivity index (χ2v) is 5.37. The van der Waals surface area contributed by atoms with Crippen molar-refractivity contribution < 1.29 is 4.79 Å². The van der Waals surface area contributed by atoms with E-state index in [4.69, 9.17) is 0 Å². The van der Waals surface area contributed by atoms with Crippen LogP contribution >= 0.6 is 0 Å². The molecule has 1 amide bonds. The first kappa shape index (κ1) is 15.3. The molecule has 0 saturated heterocycles. The number of carbonyl (C=O) groups excluding carboxylic acids is 1. The second-order valence-electron chi connectivity index (χ2n) is 5.37. The summed E-state index contributed by atoms with van der Waals surface area (Å²) in [5.74, 6) is 0.0138. The number of rotatable bonds is 5. The molecule has 0 unspecified atom stereocenters. The van der Waals surface area contributed by atoms with Crippen molar-refractivity contribution in [3.05, 3.63) is 64.7 Å². The van der Waals surface area contributed by atoms with Gasteiger partial charge in [0, 0.05) is 12.2 Å². The molecule has 0 atom stereocenters. The van der Waals surface area contributed by atoms with Gasteiger partial charge in [0.2, 0.25) is 5.91 Å². The highest BCUT2D eigenvalue weighted by molar-refractivity contribution is 5.92. The average Bonchev–Trinajstić information content (AvgIpc) is 2.43. The van der Waals surface area contributed by atoms with E-state index in [0.29, 0.717) is 6.42 Å². The van der Waals surface area contributed by atoms with E-state index in [9.17, 15) is 4.79 Å². The summed E-state index contributed by atoms with van der Waals surface area (Å²) in [6.07, 6.45) is 0.400. The van der Waals surface area contributed by atoms with E-state index in [1.807, 2.05) is 37.4 Å². The van der Waals surface area contributed by atoms with Crippen molar-refractivity contribution in [3.8, 4) is 0 Å². The van der Waals surface area contributed by atoms with Crippen molar-refractivity contribution in [2.24, 2.45) is 0 Å². The van der Waals surface area contributed by atoms with Crippen LogP contribution in [0.25, 0.3) is 0 Å². The number of nitrogens with one attached hydrogen (secondary N) is 2. The molecule has 2 rings (SSSR count). The SMILES string of the molecule is CNCc1cccc(NC(=O)Cc2ccc(C)c(C)c2)c1. The van der Waals surface area contributed by atoms with Gasteiger partial charge < -0.3 is 10.6 Å². The predicted molar refractivity (Wildman–Crippen MR) is 87.5 cm³/mol. The summed E-state index contributed by atoms with van der Waals surface area (Å²) in [7, 11) is 1.91. The lowest BCUT2D eigenvalue weighted by molar-refractivity contribution is -0.115. The highest BCUT2D eigenvalue weighted by Crippen LogP contribution is 2.13. The van der Waals surface area contributed by atoms with E-state index >= 15 is 0 Å². The molecule has 2 N–H and O–H groups in total. The Labute approximate surface area is 126 Å². The first-order valence-electron chi connectivity index (χ1n) is 7.18. The number of anilines is 1. The Bertz CT molecular complexity index is 635. The van der Waals surface area contributed by atoms with Gasteiger partial charge in [0.05, 0.1) is 6.42 Å². The number of amides is 1. The van der Waals surface area contributed by atoms with Crippen LogP contribution in [0.2, 0.25) is 0 Å². The van der Waals surface area contributed by atoms with Gasteiger partial charge in [-0.1, -0.05) is 30.3 Å². The van der Waals surface area contributed by atoms with Crippen LogP contribution < -0.4 is 10.6 Å². The maximum atomic E-state index is 12.1. The fraction of sp³-hybridized carbons (Fsp3) is 0.278. The lowest BCUT2D eigenvalue weighted by atomic mass is 10.0. The van der Waals surface area contributed by atoms with Crippen LogP contribution in [0.4, 0.5) is 5.69 Å². The number of carbonyl (C=O) groups is 1. The van der Waals surface area contributed by atoms with Crippen molar-refractivity contribution in [3.63, 3.8) is 0 Å². The molecule has 2 aromatic rings. The molecule has 0 aliphatic rings. The summed E-state index contributed by atoms with van der Waals surface area (Å²) in [6.45, 7) is 4.94. The topological polar surface area (TPSA) is 41.1 Å². The minimum atomic E-state index is 0.0138. The smallest absolute Gasteiger partial charge is 0.228 e. The predicted octanol–water partition coefficient (Wildman–Crippen LogP) is 3.20. The third-order valence-corrected chi connectivity index (χ3v) is 3.53. The highest BCUT2D eigenvalue weighted by atomic mass is 16.1. The molecule has 0 aliphatic heterocycles. The van der Waals surface area contributed by atoms with Crippen LogP contribution in [0.5, 0.6) is 0 Å². The van der Waals surface area contributed by atoms with Gasteiger partial charge in [0.25, 0.3) is 0 Å². The van der Waals surface area contributed by atoms with E-state index in [-0.39, 0.29) is 5.91 Å². The molecule has 0 bridgehead atoms. The van der Waals surface area contributed by atoms with Gasteiger partial charge in [-0.05, 0) is 55.3 Å². The zero-order chi connectivity index (χ0) is 15.2. The standard InChI is InChI=1S/C18H22N2O/c1-13-7-8-15(9-14(13)2)11-18(21)20-17-6-4-5-16(10-17)12-19-3/h4-10,19H,11-12H2,1-3H3,(H,20,21). The van der Waals surface area contributed by atoms with Crippen molar-refractivity contribution in [2.75, 3.05) is 12.4 Å². The van der Waals surface area contributed by atoms with Gasteiger partial charge in [-0.3, -0.25) is 4.79 Å². The Morgan fingerprint density at radius 2 is 1.81 bits per heavy atom. The van der Waals surface area contributed by atoms with Crippen molar-refractivity contribution in [2.45, 2.75) is 26.8 Å².